The van der Waals surface area contributed by atoms with Crippen molar-refractivity contribution in [2.24, 2.45) is 4.99 Å². The Labute approximate surface area is 160 Å². The van der Waals surface area contributed by atoms with Gasteiger partial charge in [0.1, 0.15) is 23.4 Å². The molecule has 2 aromatic carbocycles. The molecule has 142 valence electrons. The molecule has 2 heterocycles. The fraction of sp³-hybridized carbons (Fsp3) is 0.143. The van der Waals surface area contributed by atoms with Gasteiger partial charge < -0.3 is 9.64 Å². The van der Waals surface area contributed by atoms with Gasteiger partial charge in [0, 0.05) is 24.0 Å². The summed E-state index contributed by atoms with van der Waals surface area (Å²) in [7, 11) is 1.59. The highest BCUT2D eigenvalue weighted by atomic mass is 19.1. The first-order valence-corrected chi connectivity index (χ1v) is 8.67. The van der Waals surface area contributed by atoms with Crippen LogP contribution in [0.25, 0.3) is 0 Å². The number of hydrogen-bond acceptors (Lipinski definition) is 4. The smallest absolute Gasteiger partial charge is 0.255 e. The second kappa shape index (κ2) is 6.92. The Morgan fingerprint density at radius 3 is 2.54 bits per heavy atom. The average Bonchev–Trinajstić information content (AvgIpc) is 2.71. The fourth-order valence-corrected chi connectivity index (χ4v) is 3.16. The first-order chi connectivity index (χ1) is 13.5. The van der Waals surface area contributed by atoms with Gasteiger partial charge in [-0.15, -0.1) is 0 Å². The average molecular weight is 381 g/mol. The van der Waals surface area contributed by atoms with Crippen molar-refractivity contribution >= 4 is 17.3 Å². The molecule has 28 heavy (non-hydrogen) atoms. The molecule has 0 saturated carbocycles. The van der Waals surface area contributed by atoms with Gasteiger partial charge in [0.2, 0.25) is 0 Å². The highest BCUT2D eigenvalue weighted by Crippen LogP contribution is 2.30. The van der Waals surface area contributed by atoms with Crippen LogP contribution >= 0.6 is 0 Å². The quantitative estimate of drug-likeness (QED) is 0.812. The fourth-order valence-electron chi connectivity index (χ4n) is 3.16. The molecule has 0 N–H and O–H groups in total. The Bertz CT molecular complexity index is 1030. The van der Waals surface area contributed by atoms with E-state index >= 15 is 0 Å². The van der Waals surface area contributed by atoms with E-state index in [1.807, 2.05) is 24.3 Å². The molecule has 2 aliphatic rings. The molecule has 0 aliphatic carbocycles. The summed E-state index contributed by atoms with van der Waals surface area (Å²) in [5, 5.41) is 0. The molecule has 2 aromatic rings. The Hall–Kier alpha value is -3.48. The number of allylic oxidation sites excluding steroid dienone is 1. The summed E-state index contributed by atoms with van der Waals surface area (Å²) in [6.07, 6.45) is 4.99. The Morgan fingerprint density at radius 2 is 1.86 bits per heavy atom. The second-order valence-corrected chi connectivity index (χ2v) is 6.42. The molecule has 2 aliphatic heterocycles. The lowest BCUT2D eigenvalue weighted by Crippen LogP contribution is -2.48. The largest absolute Gasteiger partial charge is 0.497 e. The van der Waals surface area contributed by atoms with Gasteiger partial charge in [-0.2, -0.15) is 0 Å². The maximum atomic E-state index is 14.3. The molecule has 1 amide bonds. The molecule has 1 atom stereocenters. The Morgan fingerprint density at radius 1 is 1.11 bits per heavy atom. The van der Waals surface area contributed by atoms with Crippen molar-refractivity contribution in [3.05, 3.63) is 84.0 Å². The summed E-state index contributed by atoms with van der Waals surface area (Å²) in [6.45, 7) is 1.66. The number of aliphatic imine (C=N–C) groups is 1. The molecule has 4 rings (SSSR count). The zero-order valence-electron chi connectivity index (χ0n) is 15.3. The predicted octanol–water partition coefficient (Wildman–Crippen LogP) is 3.83. The van der Waals surface area contributed by atoms with E-state index in [1.165, 1.54) is 15.9 Å². The third kappa shape index (κ3) is 3.05. The van der Waals surface area contributed by atoms with Gasteiger partial charge >= 0.3 is 0 Å². The highest BCUT2D eigenvalue weighted by molar-refractivity contribution is 6.10. The summed E-state index contributed by atoms with van der Waals surface area (Å²) in [6, 6.07) is 9.98. The standard InChI is InChI=1S/C21H17F2N3O2/c1-13-21(27)25-10-9-18(14-3-6-16(28-2)7-4-14)24-20(25)12-26(13)19-8-5-15(22)11-17(19)23/h3-13H,1-2H3. The minimum Gasteiger partial charge on any atom is -0.497 e. The highest BCUT2D eigenvalue weighted by Gasteiger charge is 2.34. The lowest BCUT2D eigenvalue weighted by molar-refractivity contribution is -0.128. The van der Waals surface area contributed by atoms with Crippen molar-refractivity contribution in [3.8, 4) is 5.75 Å². The van der Waals surface area contributed by atoms with Crippen LogP contribution in [0.5, 0.6) is 5.75 Å². The third-order valence-corrected chi connectivity index (χ3v) is 4.70. The van der Waals surface area contributed by atoms with E-state index in [0.29, 0.717) is 11.5 Å². The second-order valence-electron chi connectivity index (χ2n) is 6.42. The van der Waals surface area contributed by atoms with Crippen LogP contribution in [0, 0.1) is 11.6 Å². The van der Waals surface area contributed by atoms with Crippen molar-refractivity contribution in [2.45, 2.75) is 13.0 Å². The molecule has 0 spiro atoms. The molecule has 0 saturated heterocycles. The van der Waals surface area contributed by atoms with Crippen LogP contribution in [0.4, 0.5) is 14.5 Å². The molecule has 5 nitrogen and oxygen atoms in total. The van der Waals surface area contributed by atoms with Crippen molar-refractivity contribution in [1.82, 2.24) is 4.90 Å². The normalized spacial score (nSPS) is 18.6. The van der Waals surface area contributed by atoms with E-state index < -0.39 is 17.7 Å². The van der Waals surface area contributed by atoms with Gasteiger partial charge in [-0.3, -0.25) is 9.69 Å². The molecule has 1 unspecified atom stereocenters. The number of anilines is 1. The van der Waals surface area contributed by atoms with Crippen LogP contribution in [-0.2, 0) is 4.79 Å². The molecular formula is C21H17F2N3O2. The number of fused-ring (bicyclic) bond motifs is 1. The number of amides is 1. The first kappa shape index (κ1) is 17.9. The van der Waals surface area contributed by atoms with Crippen LogP contribution in [0.15, 0.2) is 71.8 Å². The van der Waals surface area contributed by atoms with Crippen molar-refractivity contribution in [1.29, 1.82) is 0 Å². The third-order valence-electron chi connectivity index (χ3n) is 4.70. The molecule has 0 radical (unpaired) electrons. The van der Waals surface area contributed by atoms with Gasteiger partial charge in [-0.25, -0.2) is 13.8 Å². The lowest BCUT2D eigenvalue weighted by atomic mass is 10.1. The topological polar surface area (TPSA) is 45.1 Å². The van der Waals surface area contributed by atoms with E-state index in [2.05, 4.69) is 4.99 Å². The Kier molecular flexibility index (Phi) is 4.43. The zero-order valence-corrected chi connectivity index (χ0v) is 15.3. The van der Waals surface area contributed by atoms with Crippen molar-refractivity contribution in [3.63, 3.8) is 0 Å². The molecule has 7 heteroatoms. The minimum absolute atomic E-state index is 0.116. The van der Waals surface area contributed by atoms with Crippen LogP contribution in [0.2, 0.25) is 0 Å². The lowest BCUT2D eigenvalue weighted by Gasteiger charge is -2.37. The van der Waals surface area contributed by atoms with Gasteiger partial charge in [0.05, 0.1) is 18.5 Å². The summed E-state index contributed by atoms with van der Waals surface area (Å²) < 4.78 is 32.7. The Balaban J connectivity index is 1.74. The molecule has 0 fully saturated rings. The van der Waals surface area contributed by atoms with Gasteiger partial charge in [-0.05, 0) is 49.4 Å². The van der Waals surface area contributed by atoms with E-state index in [0.717, 1.165) is 23.4 Å². The molecular weight excluding hydrogens is 364 g/mol. The van der Waals surface area contributed by atoms with Gasteiger partial charge in [0.15, 0.2) is 5.82 Å². The van der Waals surface area contributed by atoms with E-state index in [9.17, 15) is 13.6 Å². The van der Waals surface area contributed by atoms with Crippen molar-refractivity contribution in [2.75, 3.05) is 12.0 Å². The van der Waals surface area contributed by atoms with Crippen LogP contribution in [0.3, 0.4) is 0 Å². The molecule has 0 aromatic heterocycles. The van der Waals surface area contributed by atoms with Crippen LogP contribution in [-0.4, -0.2) is 29.7 Å². The van der Waals surface area contributed by atoms with E-state index in [-0.39, 0.29) is 11.6 Å². The van der Waals surface area contributed by atoms with E-state index in [1.54, 1.807) is 32.5 Å². The number of carbonyl (C=O) groups is 1. The van der Waals surface area contributed by atoms with E-state index in [4.69, 9.17) is 4.74 Å². The SMILES string of the molecule is COc1ccc(C2=NC3=CN(c4ccc(F)cc4F)C(C)C(=O)N3C=C2)cc1. The van der Waals surface area contributed by atoms with Gasteiger partial charge in [0.25, 0.3) is 5.91 Å². The summed E-state index contributed by atoms with van der Waals surface area (Å²) in [5.41, 5.74) is 1.63. The zero-order chi connectivity index (χ0) is 19.8. The number of ether oxygens (including phenoxy) is 1. The summed E-state index contributed by atoms with van der Waals surface area (Å²) in [5.74, 6) is -0.581. The number of nitrogens with zero attached hydrogens (tertiary/aromatic N) is 3. The maximum absolute atomic E-state index is 14.3. The maximum Gasteiger partial charge on any atom is 0.255 e. The number of methoxy groups -OCH3 is 1. The minimum atomic E-state index is -0.740. The number of hydrogen-bond donors (Lipinski definition) is 0. The van der Waals surface area contributed by atoms with Crippen LogP contribution < -0.4 is 9.64 Å². The molecule has 0 bridgehead atoms. The van der Waals surface area contributed by atoms with Crippen molar-refractivity contribution < 1.29 is 18.3 Å². The van der Waals surface area contributed by atoms with Crippen LogP contribution in [0.1, 0.15) is 12.5 Å². The van der Waals surface area contributed by atoms with Gasteiger partial charge in [-0.1, -0.05) is 0 Å². The number of halogens is 2. The summed E-state index contributed by atoms with van der Waals surface area (Å²) in [4.78, 5) is 20.2. The first-order valence-electron chi connectivity index (χ1n) is 8.67. The number of rotatable bonds is 3. The predicted molar refractivity (Wildman–Crippen MR) is 102 cm³/mol. The monoisotopic (exact) mass is 381 g/mol. The number of benzene rings is 2. The summed E-state index contributed by atoms with van der Waals surface area (Å²) >= 11 is 0. The number of carbonyl (C=O) groups excluding carboxylic acids is 1.